The first-order valence-corrected chi connectivity index (χ1v) is 10.5. The number of fused-ring (bicyclic) bond motifs is 1. The van der Waals surface area contributed by atoms with Crippen molar-refractivity contribution in [3.8, 4) is 0 Å². The topological polar surface area (TPSA) is 70.5 Å². The molecule has 7 heteroatoms. The first-order chi connectivity index (χ1) is 15.0. The minimum absolute atomic E-state index is 0.0906. The van der Waals surface area contributed by atoms with Gasteiger partial charge in [0.25, 0.3) is 11.8 Å². The van der Waals surface area contributed by atoms with Gasteiger partial charge in [-0.1, -0.05) is 42.5 Å². The molecule has 2 heterocycles. The molecule has 1 aromatic heterocycles. The van der Waals surface area contributed by atoms with E-state index in [0.717, 1.165) is 23.2 Å². The molecule has 0 fully saturated rings. The summed E-state index contributed by atoms with van der Waals surface area (Å²) in [7, 11) is 3.98. The maximum absolute atomic E-state index is 13.1. The molecular formula is C24H27N5O2. The number of carbonyl (C=O) groups is 2. The quantitative estimate of drug-likeness (QED) is 0.670. The van der Waals surface area contributed by atoms with Crippen LogP contribution in [0.25, 0.3) is 0 Å². The van der Waals surface area contributed by atoms with Crippen molar-refractivity contribution < 1.29 is 9.59 Å². The average Bonchev–Trinajstić information content (AvgIpc) is 3.16. The van der Waals surface area contributed by atoms with Crippen LogP contribution in [0.2, 0.25) is 0 Å². The molecule has 0 saturated heterocycles. The third kappa shape index (κ3) is 4.77. The molecule has 7 nitrogen and oxygen atoms in total. The van der Waals surface area contributed by atoms with Gasteiger partial charge in [-0.05, 0) is 29.7 Å². The summed E-state index contributed by atoms with van der Waals surface area (Å²) >= 11 is 0. The zero-order valence-corrected chi connectivity index (χ0v) is 17.9. The lowest BCUT2D eigenvalue weighted by molar-refractivity contribution is 0.0745. The zero-order valence-electron chi connectivity index (χ0n) is 17.9. The molecule has 31 heavy (non-hydrogen) atoms. The Balaban J connectivity index is 1.43. The molecule has 0 atom stereocenters. The number of carbonyl (C=O) groups excluding carboxylic acids is 2. The molecule has 0 bridgehead atoms. The fourth-order valence-corrected chi connectivity index (χ4v) is 3.68. The van der Waals surface area contributed by atoms with Gasteiger partial charge in [-0.3, -0.25) is 14.3 Å². The van der Waals surface area contributed by atoms with E-state index in [1.165, 1.54) is 0 Å². The zero-order chi connectivity index (χ0) is 21.8. The number of benzene rings is 2. The molecule has 4 rings (SSSR count). The van der Waals surface area contributed by atoms with Gasteiger partial charge in [0.1, 0.15) is 5.69 Å². The highest BCUT2D eigenvalue weighted by Gasteiger charge is 2.26. The molecule has 0 unspecified atom stereocenters. The van der Waals surface area contributed by atoms with E-state index < -0.39 is 0 Å². The molecular weight excluding hydrogens is 390 g/mol. The molecule has 0 saturated carbocycles. The number of anilines is 1. The lowest BCUT2D eigenvalue weighted by Gasteiger charge is -2.20. The molecule has 160 valence electrons. The summed E-state index contributed by atoms with van der Waals surface area (Å²) in [5, 5.41) is 7.30. The van der Waals surface area contributed by atoms with E-state index in [1.807, 2.05) is 78.5 Å². The van der Waals surface area contributed by atoms with E-state index in [4.69, 9.17) is 0 Å². The van der Waals surface area contributed by atoms with Crippen molar-refractivity contribution in [1.29, 1.82) is 0 Å². The highest BCUT2D eigenvalue weighted by molar-refractivity contribution is 5.98. The van der Waals surface area contributed by atoms with Crippen molar-refractivity contribution in [2.24, 2.45) is 0 Å². The number of hydrogen-bond acceptors (Lipinski definition) is 4. The normalized spacial score (nSPS) is 13.5. The van der Waals surface area contributed by atoms with E-state index >= 15 is 0 Å². The Morgan fingerprint density at radius 2 is 1.77 bits per heavy atom. The predicted octanol–water partition coefficient (Wildman–Crippen LogP) is 2.93. The number of nitrogens with zero attached hydrogens (tertiary/aromatic N) is 4. The van der Waals surface area contributed by atoms with Gasteiger partial charge in [0.2, 0.25) is 0 Å². The fourth-order valence-electron chi connectivity index (χ4n) is 3.68. The third-order valence-corrected chi connectivity index (χ3v) is 5.44. The summed E-state index contributed by atoms with van der Waals surface area (Å²) in [6, 6.07) is 19.5. The smallest absolute Gasteiger partial charge is 0.272 e. The molecule has 0 aliphatic carbocycles. The highest BCUT2D eigenvalue weighted by Crippen LogP contribution is 2.17. The number of nitrogens with one attached hydrogen (secondary N) is 1. The van der Waals surface area contributed by atoms with Crippen LogP contribution in [-0.2, 0) is 19.6 Å². The summed E-state index contributed by atoms with van der Waals surface area (Å²) in [5.74, 6) is -0.369. The van der Waals surface area contributed by atoms with Gasteiger partial charge in [0.15, 0.2) is 5.69 Å². The number of rotatable bonds is 6. The molecule has 1 aliphatic rings. The SMILES string of the molecule is CN(C)c1ccc(CNC(=O)c2cc3n(n2)CCCN(Cc2ccccc2)C3=O)cc1. The monoisotopic (exact) mass is 417 g/mol. The highest BCUT2D eigenvalue weighted by atomic mass is 16.2. The van der Waals surface area contributed by atoms with E-state index in [2.05, 4.69) is 10.4 Å². The van der Waals surface area contributed by atoms with Crippen LogP contribution in [0.15, 0.2) is 60.7 Å². The fraction of sp³-hybridized carbons (Fsp3) is 0.292. The van der Waals surface area contributed by atoms with Crippen LogP contribution in [-0.4, -0.2) is 47.1 Å². The number of aromatic nitrogens is 2. The van der Waals surface area contributed by atoms with Gasteiger partial charge in [0.05, 0.1) is 0 Å². The van der Waals surface area contributed by atoms with Gasteiger partial charge in [-0.15, -0.1) is 0 Å². The Labute approximate surface area is 182 Å². The van der Waals surface area contributed by atoms with Crippen LogP contribution in [0.5, 0.6) is 0 Å². The van der Waals surface area contributed by atoms with Gasteiger partial charge in [-0.2, -0.15) is 5.10 Å². The standard InChI is InChI=1S/C24H27N5O2/c1-27(2)20-11-9-18(10-12-20)16-25-23(30)21-15-22-24(31)28(13-6-14-29(22)26-21)17-19-7-4-3-5-8-19/h3-5,7-12,15H,6,13-14,16-17H2,1-2H3,(H,25,30). The molecule has 2 aromatic carbocycles. The van der Waals surface area contributed by atoms with Crippen molar-refractivity contribution in [1.82, 2.24) is 20.0 Å². The van der Waals surface area contributed by atoms with Crippen LogP contribution in [0.4, 0.5) is 5.69 Å². The summed E-state index contributed by atoms with van der Waals surface area (Å²) in [5.41, 5.74) is 3.93. The summed E-state index contributed by atoms with van der Waals surface area (Å²) in [4.78, 5) is 29.6. The van der Waals surface area contributed by atoms with Crippen LogP contribution < -0.4 is 10.2 Å². The molecule has 2 amide bonds. The average molecular weight is 418 g/mol. The second-order valence-electron chi connectivity index (χ2n) is 7.95. The lowest BCUT2D eigenvalue weighted by atomic mass is 10.2. The lowest BCUT2D eigenvalue weighted by Crippen LogP contribution is -2.30. The second-order valence-corrected chi connectivity index (χ2v) is 7.95. The molecule has 1 aliphatic heterocycles. The predicted molar refractivity (Wildman–Crippen MR) is 120 cm³/mol. The third-order valence-electron chi connectivity index (χ3n) is 5.44. The Morgan fingerprint density at radius 3 is 2.48 bits per heavy atom. The largest absolute Gasteiger partial charge is 0.378 e. The summed E-state index contributed by atoms with van der Waals surface area (Å²) in [6.45, 7) is 2.24. The van der Waals surface area contributed by atoms with Gasteiger partial charge in [0, 0.05) is 52.0 Å². The Morgan fingerprint density at radius 1 is 1.03 bits per heavy atom. The minimum Gasteiger partial charge on any atom is -0.378 e. The Kier molecular flexibility index (Phi) is 6.02. The molecule has 0 radical (unpaired) electrons. The van der Waals surface area contributed by atoms with Crippen LogP contribution >= 0.6 is 0 Å². The maximum Gasteiger partial charge on any atom is 0.272 e. The number of amides is 2. The van der Waals surface area contributed by atoms with E-state index in [1.54, 1.807) is 10.7 Å². The molecule has 0 spiro atoms. The number of hydrogen-bond donors (Lipinski definition) is 1. The minimum atomic E-state index is -0.278. The van der Waals surface area contributed by atoms with E-state index in [9.17, 15) is 9.59 Å². The van der Waals surface area contributed by atoms with Crippen molar-refractivity contribution in [3.63, 3.8) is 0 Å². The van der Waals surface area contributed by atoms with E-state index in [0.29, 0.717) is 31.9 Å². The molecule has 3 aromatic rings. The first-order valence-electron chi connectivity index (χ1n) is 10.5. The maximum atomic E-state index is 13.1. The Hall–Kier alpha value is -3.61. The van der Waals surface area contributed by atoms with Crippen LogP contribution in [0, 0.1) is 0 Å². The first kappa shape index (κ1) is 20.7. The van der Waals surface area contributed by atoms with Crippen molar-refractivity contribution in [2.75, 3.05) is 25.5 Å². The van der Waals surface area contributed by atoms with Gasteiger partial charge in [-0.25, -0.2) is 0 Å². The van der Waals surface area contributed by atoms with Crippen molar-refractivity contribution >= 4 is 17.5 Å². The van der Waals surface area contributed by atoms with Crippen molar-refractivity contribution in [2.45, 2.75) is 26.1 Å². The van der Waals surface area contributed by atoms with Crippen LogP contribution in [0.1, 0.15) is 38.5 Å². The number of aryl methyl sites for hydroxylation is 1. The van der Waals surface area contributed by atoms with Crippen molar-refractivity contribution in [3.05, 3.63) is 83.2 Å². The second kappa shape index (κ2) is 9.04. The van der Waals surface area contributed by atoms with Gasteiger partial charge < -0.3 is 15.1 Å². The summed E-state index contributed by atoms with van der Waals surface area (Å²) in [6.07, 6.45) is 0.798. The van der Waals surface area contributed by atoms with E-state index in [-0.39, 0.29) is 17.5 Å². The van der Waals surface area contributed by atoms with Gasteiger partial charge >= 0.3 is 0 Å². The molecule has 1 N–H and O–H groups in total. The summed E-state index contributed by atoms with van der Waals surface area (Å²) < 4.78 is 1.66. The Bertz CT molecular complexity index is 1060. The van der Waals surface area contributed by atoms with Crippen LogP contribution in [0.3, 0.4) is 0 Å².